The van der Waals surface area contributed by atoms with Gasteiger partial charge in [-0.15, -0.1) is 5.10 Å². The molecule has 138 valence electrons. The van der Waals surface area contributed by atoms with Gasteiger partial charge in [-0.05, 0) is 39.0 Å². The number of carbonyl (C=O) groups excluding carboxylic acids is 1. The van der Waals surface area contributed by atoms with Crippen molar-refractivity contribution in [2.75, 3.05) is 17.2 Å². The van der Waals surface area contributed by atoms with Crippen molar-refractivity contribution in [2.45, 2.75) is 25.9 Å². The number of aromatic nitrogens is 5. The van der Waals surface area contributed by atoms with Crippen LogP contribution in [0, 0.1) is 13.8 Å². The van der Waals surface area contributed by atoms with Crippen molar-refractivity contribution in [1.29, 1.82) is 0 Å². The number of thioether (sulfide) groups is 1. The third-order valence-electron chi connectivity index (χ3n) is 4.05. The monoisotopic (exact) mass is 398 g/mol. The summed E-state index contributed by atoms with van der Waals surface area (Å²) in [4.78, 5) is 27.8. The van der Waals surface area contributed by atoms with E-state index in [9.17, 15) is 4.79 Å². The number of thiazole rings is 1. The van der Waals surface area contributed by atoms with Crippen LogP contribution in [0.15, 0.2) is 35.5 Å². The van der Waals surface area contributed by atoms with Crippen LogP contribution in [0.5, 0.6) is 0 Å². The van der Waals surface area contributed by atoms with Gasteiger partial charge in [-0.1, -0.05) is 35.2 Å². The summed E-state index contributed by atoms with van der Waals surface area (Å²) in [5, 5.41) is 5.71. The Morgan fingerprint density at radius 1 is 1.22 bits per heavy atom. The van der Waals surface area contributed by atoms with E-state index in [1.165, 1.54) is 23.1 Å². The zero-order valence-corrected chi connectivity index (χ0v) is 16.8. The summed E-state index contributed by atoms with van der Waals surface area (Å²) in [6.07, 6.45) is 0. The van der Waals surface area contributed by atoms with Crippen LogP contribution < -0.4 is 4.90 Å². The fourth-order valence-corrected chi connectivity index (χ4v) is 4.55. The number of para-hydroxylation sites is 1. The number of aryl methyl sites for hydroxylation is 2. The van der Waals surface area contributed by atoms with Crippen LogP contribution in [-0.2, 0) is 4.79 Å². The van der Waals surface area contributed by atoms with E-state index in [2.05, 4.69) is 20.1 Å². The smallest absolute Gasteiger partial charge is 0.253 e. The van der Waals surface area contributed by atoms with Crippen LogP contribution in [0.4, 0.5) is 5.13 Å². The third-order valence-corrected chi connectivity index (χ3v) is 5.94. The lowest BCUT2D eigenvalue weighted by molar-refractivity contribution is -0.116. The van der Waals surface area contributed by atoms with Gasteiger partial charge in [-0.3, -0.25) is 9.69 Å². The molecular weight excluding hydrogens is 380 g/mol. The summed E-state index contributed by atoms with van der Waals surface area (Å²) in [5.74, 6) is 0.792. The molecule has 1 aromatic carbocycles. The Morgan fingerprint density at radius 3 is 2.81 bits per heavy atom. The van der Waals surface area contributed by atoms with Crippen molar-refractivity contribution in [2.24, 2.45) is 0 Å². The third kappa shape index (κ3) is 3.52. The van der Waals surface area contributed by atoms with Crippen molar-refractivity contribution in [3.05, 3.63) is 41.7 Å². The Bertz CT molecular complexity index is 1100. The molecule has 0 spiro atoms. The molecule has 4 aromatic rings. The Hall–Kier alpha value is -2.52. The zero-order valence-electron chi connectivity index (χ0n) is 15.2. The molecule has 3 aromatic heterocycles. The molecule has 4 rings (SSSR count). The number of hydrogen-bond donors (Lipinski definition) is 0. The molecule has 9 heteroatoms. The van der Waals surface area contributed by atoms with E-state index in [1.807, 2.05) is 51.1 Å². The highest BCUT2D eigenvalue weighted by Crippen LogP contribution is 2.29. The highest BCUT2D eigenvalue weighted by atomic mass is 32.2. The van der Waals surface area contributed by atoms with Gasteiger partial charge in [0.05, 0.1) is 16.0 Å². The Morgan fingerprint density at radius 2 is 2.04 bits per heavy atom. The molecule has 0 saturated carbocycles. The lowest BCUT2D eigenvalue weighted by atomic mass is 10.3. The van der Waals surface area contributed by atoms with Gasteiger partial charge in [0.15, 0.2) is 5.13 Å². The normalized spacial score (nSPS) is 11.4. The Labute approximate surface area is 164 Å². The van der Waals surface area contributed by atoms with Crippen molar-refractivity contribution in [3.8, 4) is 0 Å². The molecule has 0 aliphatic rings. The SMILES string of the molecule is CCN(C(=O)CSc1nc2nc(C)cc(C)n2n1)c1nc2ccccc2s1. The number of benzene rings is 1. The van der Waals surface area contributed by atoms with Gasteiger partial charge in [0, 0.05) is 17.9 Å². The Kier molecular flexibility index (Phi) is 4.79. The fraction of sp³-hybridized carbons (Fsp3) is 0.278. The molecule has 0 N–H and O–H groups in total. The zero-order chi connectivity index (χ0) is 19.0. The second-order valence-electron chi connectivity index (χ2n) is 6.04. The number of amides is 1. The fourth-order valence-electron chi connectivity index (χ4n) is 2.81. The molecule has 0 saturated heterocycles. The van der Waals surface area contributed by atoms with Gasteiger partial charge in [-0.25, -0.2) is 14.5 Å². The number of fused-ring (bicyclic) bond motifs is 2. The summed E-state index contributed by atoms with van der Waals surface area (Å²) in [6.45, 7) is 6.41. The molecular formula is C18H18N6OS2. The van der Waals surface area contributed by atoms with Crippen LogP contribution in [-0.4, -0.2) is 42.8 Å². The first-order valence-electron chi connectivity index (χ1n) is 8.55. The van der Waals surface area contributed by atoms with Crippen LogP contribution in [0.25, 0.3) is 16.0 Å². The van der Waals surface area contributed by atoms with E-state index < -0.39 is 0 Å². The Balaban J connectivity index is 1.51. The predicted molar refractivity (Wildman–Crippen MR) is 109 cm³/mol. The lowest BCUT2D eigenvalue weighted by Gasteiger charge is -2.16. The average molecular weight is 399 g/mol. The van der Waals surface area contributed by atoms with Gasteiger partial charge in [0.25, 0.3) is 5.78 Å². The van der Waals surface area contributed by atoms with Gasteiger partial charge in [0.1, 0.15) is 0 Å². The van der Waals surface area contributed by atoms with E-state index >= 15 is 0 Å². The second-order valence-corrected chi connectivity index (χ2v) is 7.99. The van der Waals surface area contributed by atoms with Crippen LogP contribution in [0.2, 0.25) is 0 Å². The minimum Gasteiger partial charge on any atom is -0.288 e. The summed E-state index contributed by atoms with van der Waals surface area (Å²) in [7, 11) is 0. The van der Waals surface area contributed by atoms with Gasteiger partial charge >= 0.3 is 0 Å². The first-order chi connectivity index (χ1) is 13.0. The molecule has 0 aliphatic heterocycles. The first-order valence-corrected chi connectivity index (χ1v) is 10.3. The lowest BCUT2D eigenvalue weighted by Crippen LogP contribution is -2.32. The molecule has 0 bridgehead atoms. The van der Waals surface area contributed by atoms with E-state index in [4.69, 9.17) is 0 Å². The largest absolute Gasteiger partial charge is 0.288 e. The summed E-state index contributed by atoms with van der Waals surface area (Å²) in [6, 6.07) is 9.85. The van der Waals surface area contributed by atoms with Crippen molar-refractivity contribution in [3.63, 3.8) is 0 Å². The van der Waals surface area contributed by atoms with E-state index in [0.717, 1.165) is 26.7 Å². The molecule has 0 aliphatic carbocycles. The van der Waals surface area contributed by atoms with E-state index in [0.29, 0.717) is 17.5 Å². The average Bonchev–Trinajstić information content (AvgIpc) is 3.24. The summed E-state index contributed by atoms with van der Waals surface area (Å²) < 4.78 is 2.77. The minimum absolute atomic E-state index is 0.0127. The van der Waals surface area contributed by atoms with Crippen molar-refractivity contribution >= 4 is 50.1 Å². The van der Waals surface area contributed by atoms with E-state index in [-0.39, 0.29) is 11.7 Å². The van der Waals surface area contributed by atoms with Crippen LogP contribution >= 0.6 is 23.1 Å². The molecule has 0 atom stereocenters. The van der Waals surface area contributed by atoms with E-state index in [1.54, 1.807) is 9.42 Å². The molecule has 7 nitrogen and oxygen atoms in total. The topological polar surface area (TPSA) is 76.3 Å². The molecule has 0 radical (unpaired) electrons. The number of carbonyl (C=O) groups is 1. The van der Waals surface area contributed by atoms with Gasteiger partial charge in [-0.2, -0.15) is 4.98 Å². The second kappa shape index (κ2) is 7.24. The summed E-state index contributed by atoms with van der Waals surface area (Å²) in [5.41, 5.74) is 2.77. The van der Waals surface area contributed by atoms with Crippen LogP contribution in [0.3, 0.4) is 0 Å². The molecule has 1 amide bonds. The quantitative estimate of drug-likeness (QED) is 0.479. The number of nitrogens with zero attached hydrogens (tertiary/aromatic N) is 6. The number of rotatable bonds is 5. The molecule has 0 fully saturated rings. The summed E-state index contributed by atoms with van der Waals surface area (Å²) >= 11 is 2.84. The minimum atomic E-state index is -0.0127. The van der Waals surface area contributed by atoms with Crippen molar-refractivity contribution < 1.29 is 4.79 Å². The molecule has 3 heterocycles. The van der Waals surface area contributed by atoms with Crippen LogP contribution in [0.1, 0.15) is 18.3 Å². The number of anilines is 1. The maximum Gasteiger partial charge on any atom is 0.253 e. The predicted octanol–water partition coefficient (Wildman–Crippen LogP) is 3.50. The van der Waals surface area contributed by atoms with Gasteiger partial charge in [0.2, 0.25) is 11.1 Å². The van der Waals surface area contributed by atoms with Gasteiger partial charge < -0.3 is 0 Å². The standard InChI is InChI=1S/C18H18N6OS2/c1-4-23(18-20-13-7-5-6-8-14(13)27-18)15(25)10-26-17-21-16-19-11(2)9-12(3)24(16)22-17/h5-9H,4,10H2,1-3H3. The maximum absolute atomic E-state index is 12.8. The molecule has 0 unspecified atom stereocenters. The highest BCUT2D eigenvalue weighted by Gasteiger charge is 2.19. The first kappa shape index (κ1) is 17.9. The molecule has 27 heavy (non-hydrogen) atoms. The highest BCUT2D eigenvalue weighted by molar-refractivity contribution is 7.99. The maximum atomic E-state index is 12.8. The van der Waals surface area contributed by atoms with Crippen molar-refractivity contribution in [1.82, 2.24) is 24.6 Å². The number of hydrogen-bond acceptors (Lipinski definition) is 7.